The second-order valence-corrected chi connectivity index (χ2v) is 8.44. The maximum Gasteiger partial charge on any atom is 0.256 e. The number of anilines is 1. The number of hydrogen-bond acceptors (Lipinski definition) is 5. The normalized spacial score (nSPS) is 11.0. The van der Waals surface area contributed by atoms with Crippen molar-refractivity contribution in [2.45, 2.75) is 26.9 Å². The van der Waals surface area contributed by atoms with E-state index in [-0.39, 0.29) is 18.4 Å². The van der Waals surface area contributed by atoms with E-state index in [2.05, 4.69) is 10.3 Å². The smallest absolute Gasteiger partial charge is 0.256 e. The molecular weight excluding hydrogens is 442 g/mol. The Bertz CT molecular complexity index is 1350. The third kappa shape index (κ3) is 5.22. The van der Waals surface area contributed by atoms with E-state index in [9.17, 15) is 9.59 Å². The lowest BCUT2D eigenvalue weighted by Crippen LogP contribution is -2.27. The van der Waals surface area contributed by atoms with Crippen molar-refractivity contribution in [1.82, 2.24) is 19.4 Å². The molecule has 35 heavy (non-hydrogen) atoms. The number of pyridine rings is 1. The molecule has 8 heteroatoms. The number of fused-ring (bicyclic) bond motifs is 1. The van der Waals surface area contributed by atoms with E-state index in [1.54, 1.807) is 36.5 Å². The van der Waals surface area contributed by atoms with Crippen LogP contribution in [0.1, 0.15) is 28.4 Å². The predicted octanol–water partition coefficient (Wildman–Crippen LogP) is 4.28. The number of methoxy groups -OCH3 is 1. The Kier molecular flexibility index (Phi) is 7.22. The van der Waals surface area contributed by atoms with Crippen LogP contribution in [0, 0.1) is 6.92 Å². The Morgan fingerprint density at radius 1 is 1.14 bits per heavy atom. The summed E-state index contributed by atoms with van der Waals surface area (Å²) in [6.07, 6.45) is 3.46. The van der Waals surface area contributed by atoms with Crippen LogP contribution in [0.5, 0.6) is 0 Å². The van der Waals surface area contributed by atoms with Crippen LogP contribution in [0.15, 0.2) is 60.9 Å². The topological polar surface area (TPSA) is 89.4 Å². The van der Waals surface area contributed by atoms with Crippen molar-refractivity contribution < 1.29 is 14.3 Å². The first-order chi connectivity index (χ1) is 16.9. The molecular formula is C27H29N5O3. The van der Waals surface area contributed by atoms with E-state index in [1.165, 1.54) is 12.7 Å². The Morgan fingerprint density at radius 3 is 2.57 bits per heavy atom. The molecule has 2 amide bonds. The maximum absolute atomic E-state index is 13.7. The van der Waals surface area contributed by atoms with Gasteiger partial charge in [0, 0.05) is 50.9 Å². The minimum atomic E-state index is -0.305. The molecule has 0 radical (unpaired) electrons. The van der Waals surface area contributed by atoms with Gasteiger partial charge in [0.05, 0.1) is 16.6 Å². The molecule has 0 aliphatic heterocycles. The van der Waals surface area contributed by atoms with E-state index in [0.717, 1.165) is 16.6 Å². The van der Waals surface area contributed by atoms with Crippen molar-refractivity contribution in [3.63, 3.8) is 0 Å². The van der Waals surface area contributed by atoms with Gasteiger partial charge in [-0.05, 0) is 43.7 Å². The molecule has 2 aromatic carbocycles. The lowest BCUT2D eigenvalue weighted by Gasteiger charge is -2.19. The van der Waals surface area contributed by atoms with Gasteiger partial charge in [-0.3, -0.25) is 14.6 Å². The summed E-state index contributed by atoms with van der Waals surface area (Å²) in [7, 11) is 3.24. The molecule has 0 bridgehead atoms. The standard InChI is InChI=1S/C27H29N5O3/c1-5-32-25-22(27(34)31(3)16-19-10-8-18(2)9-11-19)13-21(29-24(33)17-35-4)14-23(25)30-26(32)20-7-6-12-28-15-20/h6-15H,5,16-17H2,1-4H3,(H,29,33). The zero-order chi connectivity index (χ0) is 24.9. The highest BCUT2D eigenvalue weighted by Gasteiger charge is 2.23. The second-order valence-electron chi connectivity index (χ2n) is 8.44. The summed E-state index contributed by atoms with van der Waals surface area (Å²) < 4.78 is 6.95. The Morgan fingerprint density at radius 2 is 1.91 bits per heavy atom. The lowest BCUT2D eigenvalue weighted by molar-refractivity contribution is -0.119. The molecule has 1 N–H and O–H groups in total. The molecule has 0 unspecified atom stereocenters. The van der Waals surface area contributed by atoms with Gasteiger partial charge in [0.15, 0.2) is 0 Å². The Balaban J connectivity index is 1.82. The summed E-state index contributed by atoms with van der Waals surface area (Å²) in [5.74, 6) is 0.248. The molecule has 0 atom stereocenters. The third-order valence-electron chi connectivity index (χ3n) is 5.75. The molecule has 0 aliphatic rings. The highest BCUT2D eigenvalue weighted by atomic mass is 16.5. The molecule has 0 aliphatic carbocycles. The van der Waals surface area contributed by atoms with Crippen LogP contribution >= 0.6 is 0 Å². The number of nitrogens with one attached hydrogen (secondary N) is 1. The van der Waals surface area contributed by atoms with E-state index < -0.39 is 0 Å². The van der Waals surface area contributed by atoms with Crippen LogP contribution < -0.4 is 5.32 Å². The number of carbonyl (C=O) groups is 2. The molecule has 4 rings (SSSR count). The van der Waals surface area contributed by atoms with Gasteiger partial charge >= 0.3 is 0 Å². The summed E-state index contributed by atoms with van der Waals surface area (Å²) in [5.41, 5.74) is 5.34. The number of benzene rings is 2. The van der Waals surface area contributed by atoms with E-state index in [4.69, 9.17) is 9.72 Å². The van der Waals surface area contributed by atoms with Crippen LogP contribution in [0.3, 0.4) is 0 Å². The fourth-order valence-corrected chi connectivity index (χ4v) is 4.10. The van der Waals surface area contributed by atoms with Gasteiger partial charge in [-0.15, -0.1) is 0 Å². The zero-order valence-corrected chi connectivity index (χ0v) is 20.4. The molecule has 0 fully saturated rings. The van der Waals surface area contributed by atoms with Gasteiger partial charge in [-0.1, -0.05) is 29.8 Å². The van der Waals surface area contributed by atoms with Crippen molar-refractivity contribution >= 4 is 28.5 Å². The average Bonchev–Trinajstić information content (AvgIpc) is 3.23. The highest BCUT2D eigenvalue weighted by molar-refractivity contribution is 6.08. The van der Waals surface area contributed by atoms with Crippen molar-refractivity contribution in [1.29, 1.82) is 0 Å². The number of rotatable bonds is 8. The van der Waals surface area contributed by atoms with Crippen LogP contribution in [0.2, 0.25) is 0 Å². The quantitative estimate of drug-likeness (QED) is 0.414. The van der Waals surface area contributed by atoms with Crippen molar-refractivity contribution in [2.24, 2.45) is 0 Å². The monoisotopic (exact) mass is 471 g/mol. The number of aryl methyl sites for hydroxylation is 2. The maximum atomic E-state index is 13.7. The van der Waals surface area contributed by atoms with Gasteiger partial charge in [-0.25, -0.2) is 4.98 Å². The third-order valence-corrected chi connectivity index (χ3v) is 5.75. The fraction of sp³-hybridized carbons (Fsp3) is 0.259. The minimum Gasteiger partial charge on any atom is -0.375 e. The average molecular weight is 472 g/mol. The number of nitrogens with zero attached hydrogens (tertiary/aromatic N) is 4. The van der Waals surface area contributed by atoms with Gasteiger partial charge < -0.3 is 19.5 Å². The number of ether oxygens (including phenoxy) is 1. The molecule has 0 saturated heterocycles. The van der Waals surface area contributed by atoms with Crippen molar-refractivity contribution in [3.05, 3.63) is 77.6 Å². The van der Waals surface area contributed by atoms with E-state index >= 15 is 0 Å². The molecule has 180 valence electrons. The Labute approximate surface area is 204 Å². The molecule has 4 aromatic rings. The van der Waals surface area contributed by atoms with Crippen LogP contribution in [-0.2, 0) is 22.6 Å². The summed E-state index contributed by atoms with van der Waals surface area (Å²) in [4.78, 5) is 36.7. The first-order valence-electron chi connectivity index (χ1n) is 11.5. The predicted molar refractivity (Wildman–Crippen MR) is 136 cm³/mol. The number of aromatic nitrogens is 3. The number of imidazole rings is 1. The summed E-state index contributed by atoms with van der Waals surface area (Å²) in [6.45, 7) is 5.03. The molecule has 8 nitrogen and oxygen atoms in total. The molecule has 0 spiro atoms. The number of hydrogen-bond donors (Lipinski definition) is 1. The second kappa shape index (κ2) is 10.5. The largest absolute Gasteiger partial charge is 0.375 e. The minimum absolute atomic E-state index is 0.0843. The molecule has 2 aromatic heterocycles. The van der Waals surface area contributed by atoms with Crippen molar-refractivity contribution in [3.8, 4) is 11.4 Å². The van der Waals surface area contributed by atoms with Crippen molar-refractivity contribution in [2.75, 3.05) is 26.1 Å². The summed E-state index contributed by atoms with van der Waals surface area (Å²) >= 11 is 0. The fourth-order valence-electron chi connectivity index (χ4n) is 4.10. The van der Waals surface area contributed by atoms with Crippen LogP contribution in [0.4, 0.5) is 5.69 Å². The molecule has 2 heterocycles. The van der Waals surface area contributed by atoms with E-state index in [0.29, 0.717) is 35.7 Å². The van der Waals surface area contributed by atoms with Gasteiger partial charge in [0.1, 0.15) is 12.4 Å². The van der Waals surface area contributed by atoms with Gasteiger partial charge in [0.25, 0.3) is 5.91 Å². The van der Waals surface area contributed by atoms with Gasteiger partial charge in [0.2, 0.25) is 5.91 Å². The summed E-state index contributed by atoms with van der Waals surface area (Å²) in [5, 5.41) is 2.82. The lowest BCUT2D eigenvalue weighted by atomic mass is 10.1. The van der Waals surface area contributed by atoms with Crippen LogP contribution in [0.25, 0.3) is 22.4 Å². The first-order valence-corrected chi connectivity index (χ1v) is 11.5. The SMILES string of the molecule is CCn1c(-c2cccnc2)nc2cc(NC(=O)COC)cc(C(=O)N(C)Cc3ccc(C)cc3)c21. The Hall–Kier alpha value is -4.04. The van der Waals surface area contributed by atoms with E-state index in [1.807, 2.05) is 54.8 Å². The number of carbonyl (C=O) groups excluding carboxylic acids is 2. The summed E-state index contributed by atoms with van der Waals surface area (Å²) in [6, 6.07) is 15.4. The first kappa shape index (κ1) is 24.1. The zero-order valence-electron chi connectivity index (χ0n) is 20.4. The van der Waals surface area contributed by atoms with Crippen LogP contribution in [-0.4, -0.2) is 52.0 Å². The molecule has 0 saturated carbocycles. The van der Waals surface area contributed by atoms with Gasteiger partial charge in [-0.2, -0.15) is 0 Å². The number of amides is 2. The highest BCUT2D eigenvalue weighted by Crippen LogP contribution is 2.30.